The Labute approximate surface area is 169 Å². The number of rotatable bonds is 6. The van der Waals surface area contributed by atoms with Gasteiger partial charge in [-0.1, -0.05) is 37.3 Å². The number of nitrogens with one attached hydrogen (secondary N) is 1. The van der Waals surface area contributed by atoms with Crippen LogP contribution in [0.25, 0.3) is 0 Å². The number of nitrogens with zero attached hydrogens (tertiary/aromatic N) is 2. The smallest absolute Gasteiger partial charge is 0.222 e. The van der Waals surface area contributed by atoms with Gasteiger partial charge in [0.15, 0.2) is 0 Å². The van der Waals surface area contributed by atoms with Crippen LogP contribution >= 0.6 is 0 Å². The average molecular weight is 386 g/mol. The Morgan fingerprint density at radius 3 is 2.32 bits per heavy atom. The molecular weight excluding hydrogens is 350 g/mol. The maximum Gasteiger partial charge on any atom is 0.222 e. The number of hydrogen-bond donors (Lipinski definition) is 1. The van der Waals surface area contributed by atoms with Crippen LogP contribution in [0.3, 0.4) is 0 Å². The second-order valence-electron chi connectivity index (χ2n) is 8.37. The molecule has 5 nitrogen and oxygen atoms in total. The molecule has 154 valence electrons. The lowest BCUT2D eigenvalue weighted by molar-refractivity contribution is -0.134. The molecule has 1 aromatic rings. The van der Waals surface area contributed by atoms with Gasteiger partial charge in [0.2, 0.25) is 11.8 Å². The molecule has 1 N–H and O–H groups in total. The molecule has 2 aliphatic heterocycles. The highest BCUT2D eigenvalue weighted by molar-refractivity contribution is 5.78. The summed E-state index contributed by atoms with van der Waals surface area (Å²) in [6, 6.07) is 10.2. The fraction of sp³-hybridized carbons (Fsp3) is 0.652. The van der Waals surface area contributed by atoms with E-state index in [1.165, 1.54) is 18.4 Å². The Bertz CT molecular complexity index is 628. The minimum absolute atomic E-state index is 0.209. The van der Waals surface area contributed by atoms with Gasteiger partial charge in [0.05, 0.1) is 0 Å². The number of amides is 2. The molecule has 0 saturated carbocycles. The van der Waals surface area contributed by atoms with Crippen molar-refractivity contribution in [3.05, 3.63) is 35.9 Å². The molecule has 0 aliphatic carbocycles. The Balaban J connectivity index is 1.43. The maximum atomic E-state index is 12.8. The summed E-state index contributed by atoms with van der Waals surface area (Å²) in [5.41, 5.74) is 1.20. The number of aryl methyl sites for hydroxylation is 1. The lowest BCUT2D eigenvalue weighted by Crippen LogP contribution is -2.39. The molecule has 2 amide bonds. The van der Waals surface area contributed by atoms with Crippen LogP contribution in [0.5, 0.6) is 0 Å². The van der Waals surface area contributed by atoms with Crippen LogP contribution in [-0.4, -0.2) is 60.9 Å². The number of carbonyl (C=O) groups is 2. The molecule has 3 rings (SSSR count). The first-order valence-electron chi connectivity index (χ1n) is 10.9. The van der Waals surface area contributed by atoms with E-state index in [4.69, 9.17) is 0 Å². The van der Waals surface area contributed by atoms with E-state index in [9.17, 15) is 9.59 Å². The lowest BCUT2D eigenvalue weighted by Gasteiger charge is -2.30. The Hall–Kier alpha value is -1.88. The molecule has 0 bridgehead atoms. The predicted molar refractivity (Wildman–Crippen MR) is 112 cm³/mol. The molecule has 0 spiro atoms. The van der Waals surface area contributed by atoms with E-state index in [0.717, 1.165) is 39.0 Å². The predicted octanol–water partition coefficient (Wildman–Crippen LogP) is 2.71. The first-order valence-corrected chi connectivity index (χ1v) is 10.9. The summed E-state index contributed by atoms with van der Waals surface area (Å²) in [7, 11) is 0. The molecule has 1 aromatic carbocycles. The van der Waals surface area contributed by atoms with Crippen molar-refractivity contribution in [1.82, 2.24) is 15.1 Å². The third-order valence-corrected chi connectivity index (χ3v) is 6.36. The van der Waals surface area contributed by atoms with Crippen molar-refractivity contribution in [2.75, 3.05) is 39.3 Å². The largest absolute Gasteiger partial charge is 0.341 e. The third-order valence-electron chi connectivity index (χ3n) is 6.36. The highest BCUT2D eigenvalue weighted by Crippen LogP contribution is 2.25. The van der Waals surface area contributed by atoms with Gasteiger partial charge in [0.25, 0.3) is 0 Å². The molecule has 5 heteroatoms. The second kappa shape index (κ2) is 10.6. The molecule has 0 aromatic heterocycles. The van der Waals surface area contributed by atoms with Crippen LogP contribution < -0.4 is 5.32 Å². The minimum atomic E-state index is 0.209. The summed E-state index contributed by atoms with van der Waals surface area (Å²) in [6.45, 7) is 7.27. The van der Waals surface area contributed by atoms with Gasteiger partial charge in [-0.25, -0.2) is 0 Å². The Morgan fingerprint density at radius 2 is 1.64 bits per heavy atom. The minimum Gasteiger partial charge on any atom is -0.341 e. The summed E-state index contributed by atoms with van der Waals surface area (Å²) in [5.74, 6) is 1.58. The van der Waals surface area contributed by atoms with Crippen molar-refractivity contribution in [3.8, 4) is 0 Å². The van der Waals surface area contributed by atoms with Crippen LogP contribution in [-0.2, 0) is 16.0 Å². The quantitative estimate of drug-likeness (QED) is 0.819. The van der Waals surface area contributed by atoms with E-state index < -0.39 is 0 Å². The first-order chi connectivity index (χ1) is 13.6. The summed E-state index contributed by atoms with van der Waals surface area (Å²) in [5, 5.41) is 3.40. The number of carbonyl (C=O) groups excluding carboxylic acids is 2. The van der Waals surface area contributed by atoms with Gasteiger partial charge in [-0.2, -0.15) is 0 Å². The van der Waals surface area contributed by atoms with Crippen LogP contribution in [0.15, 0.2) is 30.3 Å². The molecule has 1 unspecified atom stereocenters. The van der Waals surface area contributed by atoms with E-state index in [1.54, 1.807) is 0 Å². The summed E-state index contributed by atoms with van der Waals surface area (Å²) < 4.78 is 0. The van der Waals surface area contributed by atoms with E-state index >= 15 is 0 Å². The molecule has 2 saturated heterocycles. The maximum absolute atomic E-state index is 12.8. The van der Waals surface area contributed by atoms with Gasteiger partial charge in [0.1, 0.15) is 0 Å². The zero-order chi connectivity index (χ0) is 19.8. The standard InChI is InChI=1S/C23H35N3O2/c1-19(21-10-12-24-13-11-21)18-23(28)26-15-5-14-25(16-17-26)22(27)9-8-20-6-3-2-4-7-20/h2-4,6-7,19,21,24H,5,8-18H2,1H3. The van der Waals surface area contributed by atoms with Crippen LogP contribution in [0.4, 0.5) is 0 Å². The molecule has 2 fully saturated rings. The summed E-state index contributed by atoms with van der Waals surface area (Å²) >= 11 is 0. The molecule has 0 radical (unpaired) electrons. The van der Waals surface area contributed by atoms with Crippen molar-refractivity contribution < 1.29 is 9.59 Å². The Morgan fingerprint density at radius 1 is 1.00 bits per heavy atom. The van der Waals surface area contributed by atoms with Crippen molar-refractivity contribution in [3.63, 3.8) is 0 Å². The van der Waals surface area contributed by atoms with Gasteiger partial charge in [-0.3, -0.25) is 9.59 Å². The zero-order valence-corrected chi connectivity index (χ0v) is 17.2. The first kappa shape index (κ1) is 20.8. The zero-order valence-electron chi connectivity index (χ0n) is 17.2. The Kier molecular flexibility index (Phi) is 7.90. The SMILES string of the molecule is CC(CC(=O)N1CCCN(C(=O)CCc2ccccc2)CC1)C1CCNCC1. The molecule has 2 heterocycles. The fourth-order valence-corrected chi connectivity index (χ4v) is 4.45. The number of hydrogen-bond acceptors (Lipinski definition) is 3. The van der Waals surface area contributed by atoms with E-state index in [0.29, 0.717) is 37.8 Å². The monoisotopic (exact) mass is 385 g/mol. The van der Waals surface area contributed by atoms with Gasteiger partial charge in [-0.15, -0.1) is 0 Å². The molecular formula is C23H35N3O2. The second-order valence-corrected chi connectivity index (χ2v) is 8.37. The van der Waals surface area contributed by atoms with Gasteiger partial charge in [-0.05, 0) is 56.2 Å². The molecule has 28 heavy (non-hydrogen) atoms. The van der Waals surface area contributed by atoms with Crippen molar-refractivity contribution in [2.45, 2.75) is 45.4 Å². The summed E-state index contributed by atoms with van der Waals surface area (Å²) in [6.07, 6.45) is 5.21. The summed E-state index contributed by atoms with van der Waals surface area (Å²) in [4.78, 5) is 29.3. The average Bonchev–Trinajstić information content (AvgIpc) is 3.00. The number of piperidine rings is 1. The number of benzene rings is 1. The van der Waals surface area contributed by atoms with Crippen molar-refractivity contribution in [2.24, 2.45) is 11.8 Å². The molecule has 2 aliphatic rings. The fourth-order valence-electron chi connectivity index (χ4n) is 4.45. The highest BCUT2D eigenvalue weighted by Gasteiger charge is 2.26. The van der Waals surface area contributed by atoms with E-state index in [-0.39, 0.29) is 11.8 Å². The van der Waals surface area contributed by atoms with Gasteiger partial charge < -0.3 is 15.1 Å². The van der Waals surface area contributed by atoms with Crippen LogP contribution in [0.1, 0.15) is 44.6 Å². The van der Waals surface area contributed by atoms with Crippen molar-refractivity contribution in [1.29, 1.82) is 0 Å². The van der Waals surface area contributed by atoms with E-state index in [2.05, 4.69) is 24.4 Å². The third kappa shape index (κ3) is 6.06. The van der Waals surface area contributed by atoms with Crippen LogP contribution in [0.2, 0.25) is 0 Å². The topological polar surface area (TPSA) is 52.7 Å². The van der Waals surface area contributed by atoms with Crippen molar-refractivity contribution >= 4 is 11.8 Å². The highest BCUT2D eigenvalue weighted by atomic mass is 16.2. The molecule has 1 atom stereocenters. The van der Waals surface area contributed by atoms with Gasteiger partial charge in [0, 0.05) is 39.0 Å². The van der Waals surface area contributed by atoms with E-state index in [1.807, 2.05) is 28.0 Å². The van der Waals surface area contributed by atoms with Crippen LogP contribution in [0, 0.1) is 11.8 Å². The normalized spacial score (nSPS) is 19.9. The van der Waals surface area contributed by atoms with Gasteiger partial charge >= 0.3 is 0 Å². The lowest BCUT2D eigenvalue weighted by atomic mass is 9.84.